The molecule has 1 aromatic rings. The Morgan fingerprint density at radius 3 is 2.04 bits per heavy atom. The summed E-state index contributed by atoms with van der Waals surface area (Å²) in [6.45, 7) is 12.0. The van der Waals surface area contributed by atoms with Crippen molar-refractivity contribution in [3.63, 3.8) is 0 Å². The van der Waals surface area contributed by atoms with Crippen LogP contribution in [0.3, 0.4) is 0 Å². The number of aryl methyl sites for hydroxylation is 1. The van der Waals surface area contributed by atoms with Crippen LogP contribution in [0, 0.1) is 18.3 Å². The van der Waals surface area contributed by atoms with Crippen LogP contribution in [0.25, 0.3) is 0 Å². The molecule has 1 heterocycles. The molecule has 1 unspecified atom stereocenters. The highest BCUT2D eigenvalue weighted by Crippen LogP contribution is 2.50. The fourth-order valence-corrected chi connectivity index (χ4v) is 6.16. The van der Waals surface area contributed by atoms with Gasteiger partial charge in [0.1, 0.15) is 6.17 Å². The monoisotopic (exact) mass is 380 g/mol. The Morgan fingerprint density at radius 2 is 1.43 bits per heavy atom. The number of hydrogen-bond donors (Lipinski definition) is 0. The molecule has 1 aliphatic heterocycles. The number of hydrogen-bond acceptors (Lipinski definition) is 2. The van der Waals surface area contributed by atoms with Crippen LogP contribution >= 0.6 is 0 Å². The van der Waals surface area contributed by atoms with E-state index in [0.717, 1.165) is 12.0 Å². The van der Waals surface area contributed by atoms with Gasteiger partial charge in [0.25, 0.3) is 0 Å². The lowest BCUT2D eigenvalue weighted by Crippen LogP contribution is -2.53. The zero-order chi connectivity index (χ0) is 19.9. The molecule has 28 heavy (non-hydrogen) atoms. The van der Waals surface area contributed by atoms with E-state index in [1.54, 1.807) is 5.70 Å². The van der Waals surface area contributed by atoms with Crippen molar-refractivity contribution in [3.8, 4) is 0 Å². The van der Waals surface area contributed by atoms with Crippen LogP contribution in [0.15, 0.2) is 35.7 Å². The third kappa shape index (κ3) is 3.48. The molecule has 0 bridgehead atoms. The van der Waals surface area contributed by atoms with E-state index in [1.807, 2.05) is 0 Å². The maximum Gasteiger partial charge on any atom is 0.111 e. The zero-order valence-corrected chi connectivity index (χ0v) is 18.8. The van der Waals surface area contributed by atoms with E-state index in [-0.39, 0.29) is 5.41 Å². The first-order chi connectivity index (χ1) is 13.4. The molecule has 0 spiro atoms. The molecule has 2 nitrogen and oxygen atoms in total. The predicted octanol–water partition coefficient (Wildman–Crippen LogP) is 7.24. The first kappa shape index (κ1) is 19.9. The van der Waals surface area contributed by atoms with Gasteiger partial charge < -0.3 is 9.80 Å². The molecule has 1 atom stereocenters. The standard InChI is InChI=1S/C26H40N2/c1-19-13-9-12-18-23(19)27-20(2)24(21-14-10-11-15-21)28(25(27)26(3,4)5)22-16-7-6-8-17-22/h9,12-13,18,21-22,25H,6-8,10-11,14-17H2,1-5H3. The third-order valence-corrected chi connectivity index (χ3v) is 7.38. The lowest BCUT2D eigenvalue weighted by atomic mass is 9.86. The summed E-state index contributed by atoms with van der Waals surface area (Å²) in [6.07, 6.45) is 13.0. The molecule has 154 valence electrons. The van der Waals surface area contributed by atoms with Crippen LogP contribution in [0.5, 0.6) is 0 Å². The molecule has 1 aromatic carbocycles. The van der Waals surface area contributed by atoms with Gasteiger partial charge in [0.2, 0.25) is 0 Å². The van der Waals surface area contributed by atoms with Crippen molar-refractivity contribution >= 4 is 5.69 Å². The van der Waals surface area contributed by atoms with E-state index >= 15 is 0 Å². The number of benzene rings is 1. The molecular formula is C26H40N2. The second kappa shape index (κ2) is 7.76. The van der Waals surface area contributed by atoms with Crippen LogP contribution < -0.4 is 4.90 Å². The van der Waals surface area contributed by atoms with Crippen LogP contribution in [0.1, 0.15) is 91.0 Å². The Balaban J connectivity index is 1.85. The number of para-hydroxylation sites is 1. The highest BCUT2D eigenvalue weighted by atomic mass is 15.4. The van der Waals surface area contributed by atoms with Crippen LogP contribution in [-0.4, -0.2) is 17.1 Å². The normalized spacial score (nSPS) is 25.2. The maximum atomic E-state index is 2.94. The zero-order valence-electron chi connectivity index (χ0n) is 18.8. The van der Waals surface area contributed by atoms with E-state index in [9.17, 15) is 0 Å². The van der Waals surface area contributed by atoms with Crippen molar-refractivity contribution in [2.45, 2.75) is 105 Å². The first-order valence-electron chi connectivity index (χ1n) is 11.7. The van der Waals surface area contributed by atoms with Gasteiger partial charge in [0.05, 0.1) is 0 Å². The molecule has 0 radical (unpaired) electrons. The van der Waals surface area contributed by atoms with E-state index in [0.29, 0.717) is 6.17 Å². The number of rotatable bonds is 3. The van der Waals surface area contributed by atoms with Gasteiger partial charge in [-0.15, -0.1) is 0 Å². The summed E-state index contributed by atoms with van der Waals surface area (Å²) in [4.78, 5) is 5.66. The third-order valence-electron chi connectivity index (χ3n) is 7.38. The van der Waals surface area contributed by atoms with Gasteiger partial charge in [0, 0.05) is 34.5 Å². The van der Waals surface area contributed by atoms with Crippen molar-refractivity contribution in [1.29, 1.82) is 0 Å². The first-order valence-corrected chi connectivity index (χ1v) is 11.7. The minimum Gasteiger partial charge on any atom is -0.349 e. The molecule has 3 aliphatic rings. The minimum atomic E-state index is 0.196. The van der Waals surface area contributed by atoms with Crippen molar-refractivity contribution in [2.75, 3.05) is 4.90 Å². The van der Waals surface area contributed by atoms with Gasteiger partial charge in [-0.05, 0) is 51.2 Å². The van der Waals surface area contributed by atoms with Gasteiger partial charge in [-0.2, -0.15) is 0 Å². The molecular weight excluding hydrogens is 340 g/mol. The van der Waals surface area contributed by atoms with Crippen LogP contribution in [0.4, 0.5) is 5.69 Å². The largest absolute Gasteiger partial charge is 0.349 e. The molecule has 4 rings (SSSR count). The quantitative estimate of drug-likeness (QED) is 0.545. The lowest BCUT2D eigenvalue weighted by Gasteiger charge is -2.48. The Bertz CT molecular complexity index is 714. The summed E-state index contributed by atoms with van der Waals surface area (Å²) >= 11 is 0. The van der Waals surface area contributed by atoms with E-state index < -0.39 is 0 Å². The van der Waals surface area contributed by atoms with E-state index in [4.69, 9.17) is 0 Å². The fraction of sp³-hybridized carbons (Fsp3) is 0.692. The topological polar surface area (TPSA) is 6.48 Å². The Labute approximate surface area is 173 Å². The Hall–Kier alpha value is -1.44. The van der Waals surface area contributed by atoms with Crippen molar-refractivity contribution in [1.82, 2.24) is 4.90 Å². The predicted molar refractivity (Wildman–Crippen MR) is 120 cm³/mol. The van der Waals surface area contributed by atoms with Gasteiger partial charge in [-0.1, -0.05) is 71.1 Å². The summed E-state index contributed by atoms with van der Waals surface area (Å²) in [5.41, 5.74) is 6.24. The molecule has 2 heteroatoms. The van der Waals surface area contributed by atoms with E-state index in [1.165, 1.54) is 74.7 Å². The molecule has 0 aromatic heterocycles. The second-order valence-corrected chi connectivity index (χ2v) is 10.5. The highest BCUT2D eigenvalue weighted by Gasteiger charge is 2.48. The van der Waals surface area contributed by atoms with Crippen LogP contribution in [0.2, 0.25) is 0 Å². The Morgan fingerprint density at radius 1 is 0.821 bits per heavy atom. The summed E-state index contributed by atoms with van der Waals surface area (Å²) < 4.78 is 0. The molecule has 0 N–H and O–H groups in total. The molecule has 2 fully saturated rings. The summed E-state index contributed by atoms with van der Waals surface area (Å²) in [6, 6.07) is 9.73. The van der Waals surface area contributed by atoms with Crippen molar-refractivity contribution in [3.05, 3.63) is 41.2 Å². The highest BCUT2D eigenvalue weighted by molar-refractivity contribution is 5.61. The minimum absolute atomic E-state index is 0.196. The van der Waals surface area contributed by atoms with Gasteiger partial charge >= 0.3 is 0 Å². The smallest absolute Gasteiger partial charge is 0.111 e. The number of anilines is 1. The van der Waals surface area contributed by atoms with Gasteiger partial charge in [-0.3, -0.25) is 0 Å². The molecule has 0 amide bonds. The maximum absolute atomic E-state index is 2.94. The average molecular weight is 381 g/mol. The fourth-order valence-electron chi connectivity index (χ4n) is 6.16. The molecule has 0 saturated heterocycles. The summed E-state index contributed by atoms with van der Waals surface area (Å²) in [7, 11) is 0. The summed E-state index contributed by atoms with van der Waals surface area (Å²) in [5.74, 6) is 0.765. The van der Waals surface area contributed by atoms with Gasteiger partial charge in [0.15, 0.2) is 0 Å². The van der Waals surface area contributed by atoms with Crippen molar-refractivity contribution in [2.24, 2.45) is 11.3 Å². The number of nitrogens with zero attached hydrogens (tertiary/aromatic N) is 2. The Kier molecular flexibility index (Phi) is 5.51. The summed E-state index contributed by atoms with van der Waals surface area (Å²) in [5, 5.41) is 0. The molecule has 2 aliphatic carbocycles. The van der Waals surface area contributed by atoms with Gasteiger partial charge in [-0.25, -0.2) is 0 Å². The van der Waals surface area contributed by atoms with Crippen molar-refractivity contribution < 1.29 is 0 Å². The van der Waals surface area contributed by atoms with E-state index in [2.05, 4.69) is 68.7 Å². The average Bonchev–Trinajstić information content (AvgIpc) is 3.28. The number of allylic oxidation sites excluding steroid dienone is 2. The lowest BCUT2D eigenvalue weighted by molar-refractivity contribution is 0.0810. The van der Waals surface area contributed by atoms with Crippen LogP contribution in [-0.2, 0) is 0 Å². The second-order valence-electron chi connectivity index (χ2n) is 10.5. The molecule has 2 saturated carbocycles. The SMILES string of the molecule is CC1=C(C2CCCC2)N(C2CCCCC2)C(C(C)(C)C)N1c1ccccc1C.